The van der Waals surface area contributed by atoms with Crippen LogP contribution < -0.4 is 9.62 Å². The zero-order valence-electron chi connectivity index (χ0n) is 14.3. The molecule has 0 fully saturated rings. The van der Waals surface area contributed by atoms with E-state index in [9.17, 15) is 18.0 Å². The van der Waals surface area contributed by atoms with Gasteiger partial charge in [0, 0.05) is 7.05 Å². The van der Waals surface area contributed by atoms with Gasteiger partial charge in [0.05, 0.1) is 40.9 Å². The van der Waals surface area contributed by atoms with Crippen molar-refractivity contribution in [2.24, 2.45) is 0 Å². The van der Waals surface area contributed by atoms with E-state index in [0.717, 1.165) is 10.6 Å². The summed E-state index contributed by atoms with van der Waals surface area (Å²) in [7, 11) is -0.952. The molecule has 9 heteroatoms. The van der Waals surface area contributed by atoms with Gasteiger partial charge in [0.2, 0.25) is 10.0 Å². The summed E-state index contributed by atoms with van der Waals surface area (Å²) in [5.41, 5.74) is 0.776. The maximum absolute atomic E-state index is 12.7. The lowest BCUT2D eigenvalue weighted by Gasteiger charge is -2.20. The molecule has 138 valence electrons. The van der Waals surface area contributed by atoms with E-state index in [1.165, 1.54) is 44.5 Å². The zero-order valence-corrected chi connectivity index (χ0v) is 15.9. The minimum atomic E-state index is -3.55. The fraction of sp³-hybridized carbons (Fsp3) is 0.176. The van der Waals surface area contributed by atoms with E-state index in [4.69, 9.17) is 11.6 Å². The van der Waals surface area contributed by atoms with Gasteiger partial charge in [-0.3, -0.25) is 9.10 Å². The second-order valence-electron chi connectivity index (χ2n) is 5.39. The molecule has 0 saturated heterocycles. The van der Waals surface area contributed by atoms with E-state index < -0.39 is 21.9 Å². The summed E-state index contributed by atoms with van der Waals surface area (Å²) in [6.45, 7) is 0. The first-order valence-electron chi connectivity index (χ1n) is 7.37. The maximum atomic E-state index is 12.7. The second-order valence-corrected chi connectivity index (χ2v) is 7.81. The van der Waals surface area contributed by atoms with Crippen LogP contribution in [0, 0.1) is 0 Å². The summed E-state index contributed by atoms with van der Waals surface area (Å²) in [4.78, 5) is 24.3. The van der Waals surface area contributed by atoms with Crippen LogP contribution in [-0.4, -0.2) is 40.7 Å². The largest absolute Gasteiger partial charge is 0.465 e. The van der Waals surface area contributed by atoms with Crippen molar-refractivity contribution in [1.29, 1.82) is 0 Å². The summed E-state index contributed by atoms with van der Waals surface area (Å²) in [6, 6.07) is 10.6. The number of halogens is 1. The Labute approximate surface area is 156 Å². The Kier molecular flexibility index (Phi) is 5.89. The number of nitrogens with zero attached hydrogens (tertiary/aromatic N) is 1. The number of rotatable bonds is 5. The van der Waals surface area contributed by atoms with Crippen molar-refractivity contribution in [3.8, 4) is 0 Å². The summed E-state index contributed by atoms with van der Waals surface area (Å²) in [5, 5.41) is 2.81. The summed E-state index contributed by atoms with van der Waals surface area (Å²) in [5.74, 6) is -1.14. The number of benzene rings is 2. The lowest BCUT2D eigenvalue weighted by Crippen LogP contribution is -2.27. The summed E-state index contributed by atoms with van der Waals surface area (Å²) >= 11 is 6.08. The van der Waals surface area contributed by atoms with Gasteiger partial charge in [-0.1, -0.05) is 23.7 Å². The molecule has 0 heterocycles. The number of sulfonamides is 1. The van der Waals surface area contributed by atoms with Crippen LogP contribution in [0.25, 0.3) is 0 Å². The number of carbonyl (C=O) groups is 2. The molecule has 2 aromatic rings. The molecule has 0 aromatic heterocycles. The smallest absolute Gasteiger partial charge is 0.337 e. The van der Waals surface area contributed by atoms with Gasteiger partial charge < -0.3 is 10.1 Å². The van der Waals surface area contributed by atoms with Crippen LogP contribution in [0.3, 0.4) is 0 Å². The Bertz CT molecular complexity index is 959. The molecular weight excluding hydrogens is 380 g/mol. The number of carbonyl (C=O) groups excluding carboxylic acids is 2. The number of esters is 1. The fourth-order valence-electron chi connectivity index (χ4n) is 2.17. The average Bonchev–Trinajstić information content (AvgIpc) is 2.61. The van der Waals surface area contributed by atoms with Crippen molar-refractivity contribution in [1.82, 2.24) is 0 Å². The first-order valence-corrected chi connectivity index (χ1v) is 9.60. The molecule has 1 amide bonds. The van der Waals surface area contributed by atoms with Gasteiger partial charge in [-0.05, 0) is 30.3 Å². The van der Waals surface area contributed by atoms with Crippen molar-refractivity contribution >= 4 is 44.9 Å². The van der Waals surface area contributed by atoms with Gasteiger partial charge in [0.25, 0.3) is 5.91 Å². The molecule has 0 aliphatic carbocycles. The van der Waals surface area contributed by atoms with Gasteiger partial charge >= 0.3 is 5.97 Å². The predicted octanol–water partition coefficient (Wildman–Crippen LogP) is 2.77. The summed E-state index contributed by atoms with van der Waals surface area (Å²) in [6.07, 6.45) is 1.04. The number of ether oxygens (including phenoxy) is 1. The van der Waals surface area contributed by atoms with Crippen molar-refractivity contribution in [3.05, 3.63) is 58.6 Å². The first kappa shape index (κ1) is 19.7. The number of anilines is 2. The van der Waals surface area contributed by atoms with Crippen LogP contribution in [0.4, 0.5) is 11.4 Å². The molecule has 0 saturated carbocycles. The molecule has 2 rings (SSSR count). The van der Waals surface area contributed by atoms with Crippen LogP contribution in [0.2, 0.25) is 5.02 Å². The number of hydrogen-bond donors (Lipinski definition) is 1. The molecule has 1 N–H and O–H groups in total. The number of hydrogen-bond acceptors (Lipinski definition) is 5. The van der Waals surface area contributed by atoms with Gasteiger partial charge in [-0.2, -0.15) is 0 Å². The van der Waals surface area contributed by atoms with Crippen LogP contribution in [-0.2, 0) is 14.8 Å². The van der Waals surface area contributed by atoms with E-state index >= 15 is 0 Å². The Morgan fingerprint density at radius 2 is 1.81 bits per heavy atom. The third-order valence-corrected chi connectivity index (χ3v) is 5.14. The molecule has 0 unspecified atom stereocenters. The van der Waals surface area contributed by atoms with E-state index in [0.29, 0.717) is 0 Å². The standard InChI is InChI=1S/C17H17ClN2O5S/c1-20(26(3,23)24)15-7-5-4-6-12(15)16(21)19-14-10-11(17(22)25-2)8-9-13(14)18/h4-10H,1-3H3,(H,19,21). The van der Waals surface area contributed by atoms with Gasteiger partial charge in [0.1, 0.15) is 0 Å². The Morgan fingerprint density at radius 3 is 2.42 bits per heavy atom. The normalized spacial score (nSPS) is 10.9. The Hall–Kier alpha value is -2.58. The molecule has 0 aliphatic heterocycles. The average molecular weight is 397 g/mol. The van der Waals surface area contributed by atoms with Crippen molar-refractivity contribution in [2.75, 3.05) is 30.0 Å². The molecule has 0 atom stereocenters. The quantitative estimate of drug-likeness (QED) is 0.784. The molecule has 0 spiro atoms. The third kappa shape index (κ3) is 4.33. The van der Waals surface area contributed by atoms with Crippen LogP contribution >= 0.6 is 11.6 Å². The molecule has 0 radical (unpaired) electrons. The number of amides is 1. The SMILES string of the molecule is COC(=O)c1ccc(Cl)c(NC(=O)c2ccccc2N(C)S(C)(=O)=O)c1. The maximum Gasteiger partial charge on any atom is 0.337 e. The van der Waals surface area contributed by atoms with Gasteiger partial charge in [0.15, 0.2) is 0 Å². The Balaban J connectivity index is 2.39. The molecule has 2 aromatic carbocycles. The predicted molar refractivity (Wildman–Crippen MR) is 100 cm³/mol. The lowest BCUT2D eigenvalue weighted by molar-refractivity contribution is 0.0600. The summed E-state index contributed by atoms with van der Waals surface area (Å²) < 4.78 is 29.2. The van der Waals surface area contributed by atoms with E-state index in [-0.39, 0.29) is 27.5 Å². The number of methoxy groups -OCH3 is 1. The van der Waals surface area contributed by atoms with E-state index in [1.54, 1.807) is 12.1 Å². The van der Waals surface area contributed by atoms with Crippen molar-refractivity contribution in [3.63, 3.8) is 0 Å². The highest BCUT2D eigenvalue weighted by Gasteiger charge is 2.20. The lowest BCUT2D eigenvalue weighted by atomic mass is 10.1. The highest BCUT2D eigenvalue weighted by molar-refractivity contribution is 7.92. The topological polar surface area (TPSA) is 92.8 Å². The van der Waals surface area contributed by atoms with Crippen LogP contribution in [0.15, 0.2) is 42.5 Å². The van der Waals surface area contributed by atoms with E-state index in [1.807, 2.05) is 0 Å². The Morgan fingerprint density at radius 1 is 1.15 bits per heavy atom. The highest BCUT2D eigenvalue weighted by Crippen LogP contribution is 2.26. The highest BCUT2D eigenvalue weighted by atomic mass is 35.5. The van der Waals surface area contributed by atoms with Gasteiger partial charge in [-0.25, -0.2) is 13.2 Å². The van der Waals surface area contributed by atoms with Crippen LogP contribution in [0.5, 0.6) is 0 Å². The molecule has 0 aliphatic rings. The zero-order chi connectivity index (χ0) is 19.5. The minimum Gasteiger partial charge on any atom is -0.465 e. The van der Waals surface area contributed by atoms with Crippen LogP contribution in [0.1, 0.15) is 20.7 Å². The molecule has 0 bridgehead atoms. The van der Waals surface area contributed by atoms with E-state index in [2.05, 4.69) is 10.1 Å². The molecular formula is C17H17ClN2O5S. The third-order valence-electron chi connectivity index (χ3n) is 3.62. The fourth-order valence-corrected chi connectivity index (χ4v) is 2.86. The number of nitrogens with one attached hydrogen (secondary N) is 1. The monoisotopic (exact) mass is 396 g/mol. The molecule has 26 heavy (non-hydrogen) atoms. The van der Waals surface area contributed by atoms with Gasteiger partial charge in [-0.15, -0.1) is 0 Å². The van der Waals surface area contributed by atoms with Crippen molar-refractivity contribution < 1.29 is 22.7 Å². The number of para-hydroxylation sites is 1. The second kappa shape index (κ2) is 7.76. The first-order chi connectivity index (χ1) is 12.1. The minimum absolute atomic E-state index is 0.139. The van der Waals surface area contributed by atoms with Crippen molar-refractivity contribution in [2.45, 2.75) is 0 Å². The molecule has 7 nitrogen and oxygen atoms in total.